The molecule has 0 aromatic heterocycles. The Kier molecular flexibility index (Phi) is 4.39. The van der Waals surface area contributed by atoms with E-state index in [4.69, 9.17) is 4.74 Å². The minimum Gasteiger partial charge on any atom is -0.466 e. The van der Waals surface area contributed by atoms with E-state index in [1.807, 2.05) is 0 Å². The van der Waals surface area contributed by atoms with E-state index >= 15 is 0 Å². The van der Waals surface area contributed by atoms with Crippen LogP contribution in [0.15, 0.2) is 0 Å². The van der Waals surface area contributed by atoms with Crippen molar-refractivity contribution in [1.82, 2.24) is 10.2 Å². The summed E-state index contributed by atoms with van der Waals surface area (Å²) in [6.45, 7) is 3.78. The van der Waals surface area contributed by atoms with Gasteiger partial charge in [0.15, 0.2) is 0 Å². The van der Waals surface area contributed by atoms with Crippen molar-refractivity contribution in [3.8, 4) is 0 Å². The Labute approximate surface area is 112 Å². The molecule has 2 amide bonds. The maximum absolute atomic E-state index is 12.2. The van der Waals surface area contributed by atoms with Gasteiger partial charge in [-0.2, -0.15) is 0 Å². The summed E-state index contributed by atoms with van der Waals surface area (Å²) in [4.78, 5) is 36.6. The molecule has 0 aromatic rings. The topological polar surface area (TPSA) is 75.7 Å². The van der Waals surface area contributed by atoms with Crippen molar-refractivity contribution in [3.05, 3.63) is 0 Å². The van der Waals surface area contributed by atoms with Crippen molar-refractivity contribution in [2.45, 2.75) is 26.2 Å². The molecule has 2 aliphatic heterocycles. The molecule has 6 heteroatoms. The van der Waals surface area contributed by atoms with E-state index in [2.05, 4.69) is 5.32 Å². The van der Waals surface area contributed by atoms with E-state index in [1.165, 1.54) is 0 Å². The van der Waals surface area contributed by atoms with Crippen molar-refractivity contribution in [2.75, 3.05) is 26.2 Å². The second-order valence-corrected chi connectivity index (χ2v) is 5.06. The number of hydrogen-bond donors (Lipinski definition) is 1. The second kappa shape index (κ2) is 6.04. The molecule has 6 nitrogen and oxygen atoms in total. The van der Waals surface area contributed by atoms with Gasteiger partial charge in [-0.3, -0.25) is 14.4 Å². The Bertz CT molecular complexity index is 375. The first-order valence-corrected chi connectivity index (χ1v) is 6.84. The number of rotatable bonds is 3. The van der Waals surface area contributed by atoms with E-state index in [-0.39, 0.29) is 36.0 Å². The monoisotopic (exact) mass is 268 g/mol. The highest BCUT2D eigenvalue weighted by Crippen LogP contribution is 2.21. The third-order valence-corrected chi connectivity index (χ3v) is 3.75. The minimum atomic E-state index is -0.230. The number of hydrogen-bond acceptors (Lipinski definition) is 4. The molecule has 0 aliphatic carbocycles. The van der Waals surface area contributed by atoms with Crippen molar-refractivity contribution < 1.29 is 19.1 Å². The molecule has 2 fully saturated rings. The molecule has 2 aliphatic rings. The molecule has 1 atom stereocenters. The highest BCUT2D eigenvalue weighted by molar-refractivity contribution is 5.89. The zero-order valence-electron chi connectivity index (χ0n) is 11.2. The number of ether oxygens (including phenoxy) is 1. The highest BCUT2D eigenvalue weighted by Gasteiger charge is 2.34. The molecule has 2 rings (SSSR count). The van der Waals surface area contributed by atoms with Crippen LogP contribution < -0.4 is 5.32 Å². The van der Waals surface area contributed by atoms with Crippen LogP contribution in [0.2, 0.25) is 0 Å². The lowest BCUT2D eigenvalue weighted by atomic mass is 9.95. The van der Waals surface area contributed by atoms with Crippen LogP contribution >= 0.6 is 0 Å². The Morgan fingerprint density at radius 1 is 1.32 bits per heavy atom. The molecule has 1 N–H and O–H groups in total. The molecule has 2 saturated heterocycles. The number of amides is 2. The predicted octanol–water partition coefficient (Wildman–Crippen LogP) is -0.0758. The molecule has 2 heterocycles. The maximum atomic E-state index is 12.2. The molecule has 0 bridgehead atoms. The number of likely N-dealkylation sites (tertiary alicyclic amines) is 1. The molecular formula is C13H20N2O4. The third kappa shape index (κ3) is 3.24. The first-order chi connectivity index (χ1) is 9.11. The number of piperidine rings is 1. The molecule has 1 unspecified atom stereocenters. The van der Waals surface area contributed by atoms with Crippen LogP contribution in [0.3, 0.4) is 0 Å². The van der Waals surface area contributed by atoms with Gasteiger partial charge in [-0.05, 0) is 19.8 Å². The maximum Gasteiger partial charge on any atom is 0.309 e. The summed E-state index contributed by atoms with van der Waals surface area (Å²) in [7, 11) is 0. The van der Waals surface area contributed by atoms with E-state index < -0.39 is 0 Å². The number of esters is 1. The zero-order valence-corrected chi connectivity index (χ0v) is 11.2. The van der Waals surface area contributed by atoms with Crippen LogP contribution in [0, 0.1) is 11.8 Å². The van der Waals surface area contributed by atoms with Gasteiger partial charge >= 0.3 is 5.97 Å². The van der Waals surface area contributed by atoms with Crippen LogP contribution in [-0.2, 0) is 19.1 Å². The number of carbonyl (C=O) groups excluding carboxylic acids is 3. The number of carbonyl (C=O) groups is 3. The quantitative estimate of drug-likeness (QED) is 0.727. The van der Waals surface area contributed by atoms with E-state index in [1.54, 1.807) is 11.8 Å². The summed E-state index contributed by atoms with van der Waals surface area (Å²) in [6, 6.07) is 0. The first kappa shape index (κ1) is 13.8. The van der Waals surface area contributed by atoms with Gasteiger partial charge < -0.3 is 15.0 Å². The fourth-order valence-electron chi connectivity index (χ4n) is 2.63. The molecule has 106 valence electrons. The van der Waals surface area contributed by atoms with Crippen molar-refractivity contribution in [1.29, 1.82) is 0 Å². The summed E-state index contributed by atoms with van der Waals surface area (Å²) < 4.78 is 4.99. The van der Waals surface area contributed by atoms with Crippen LogP contribution in [-0.4, -0.2) is 48.9 Å². The van der Waals surface area contributed by atoms with Crippen molar-refractivity contribution >= 4 is 17.8 Å². The second-order valence-electron chi connectivity index (χ2n) is 5.06. The van der Waals surface area contributed by atoms with Crippen LogP contribution in [0.5, 0.6) is 0 Å². The summed E-state index contributed by atoms with van der Waals surface area (Å²) in [5, 5.41) is 2.67. The van der Waals surface area contributed by atoms with Gasteiger partial charge in [0.1, 0.15) is 0 Å². The van der Waals surface area contributed by atoms with Crippen LogP contribution in [0.1, 0.15) is 26.2 Å². The van der Waals surface area contributed by atoms with Crippen molar-refractivity contribution in [3.63, 3.8) is 0 Å². The standard InChI is InChI=1S/C13H20N2O4/c1-2-19-13(18)9-3-5-15(6-4-9)12(17)10-7-11(16)14-8-10/h9-10H,2-8H2,1H3,(H,14,16). The predicted molar refractivity (Wildman–Crippen MR) is 67.1 cm³/mol. The van der Waals surface area contributed by atoms with Gasteiger partial charge in [-0.15, -0.1) is 0 Å². The number of nitrogens with zero attached hydrogens (tertiary/aromatic N) is 1. The number of nitrogens with one attached hydrogen (secondary N) is 1. The van der Waals surface area contributed by atoms with Gasteiger partial charge in [-0.25, -0.2) is 0 Å². The molecule has 0 aromatic carbocycles. The third-order valence-electron chi connectivity index (χ3n) is 3.75. The minimum absolute atomic E-state index is 0.0284. The van der Waals surface area contributed by atoms with Gasteiger partial charge in [0.05, 0.1) is 18.4 Å². The zero-order chi connectivity index (χ0) is 13.8. The average Bonchev–Trinajstić information content (AvgIpc) is 2.85. The average molecular weight is 268 g/mol. The Balaban J connectivity index is 1.81. The van der Waals surface area contributed by atoms with Gasteiger partial charge in [-0.1, -0.05) is 0 Å². The molecular weight excluding hydrogens is 248 g/mol. The molecule has 0 spiro atoms. The normalized spacial score (nSPS) is 24.2. The van der Waals surface area contributed by atoms with Gasteiger partial charge in [0.25, 0.3) is 0 Å². The summed E-state index contributed by atoms with van der Waals surface area (Å²) in [5.41, 5.74) is 0. The summed E-state index contributed by atoms with van der Waals surface area (Å²) in [5.74, 6) is -0.508. The highest BCUT2D eigenvalue weighted by atomic mass is 16.5. The van der Waals surface area contributed by atoms with Gasteiger partial charge in [0, 0.05) is 26.1 Å². The lowest BCUT2D eigenvalue weighted by Gasteiger charge is -2.32. The fraction of sp³-hybridized carbons (Fsp3) is 0.769. The van der Waals surface area contributed by atoms with Crippen LogP contribution in [0.4, 0.5) is 0 Å². The lowest BCUT2D eigenvalue weighted by molar-refractivity contribution is -0.151. The first-order valence-electron chi connectivity index (χ1n) is 6.84. The largest absolute Gasteiger partial charge is 0.466 e. The Morgan fingerprint density at radius 3 is 2.53 bits per heavy atom. The fourth-order valence-corrected chi connectivity index (χ4v) is 2.63. The smallest absolute Gasteiger partial charge is 0.309 e. The SMILES string of the molecule is CCOC(=O)C1CCN(C(=O)C2CNC(=O)C2)CC1. The molecule has 0 radical (unpaired) electrons. The molecule has 19 heavy (non-hydrogen) atoms. The molecule has 0 saturated carbocycles. The van der Waals surface area contributed by atoms with Crippen LogP contribution in [0.25, 0.3) is 0 Å². The van der Waals surface area contributed by atoms with Gasteiger partial charge in [0.2, 0.25) is 11.8 Å². The lowest BCUT2D eigenvalue weighted by Crippen LogP contribution is -2.43. The Morgan fingerprint density at radius 2 is 2.00 bits per heavy atom. The van der Waals surface area contributed by atoms with Crippen molar-refractivity contribution in [2.24, 2.45) is 11.8 Å². The van der Waals surface area contributed by atoms with E-state index in [9.17, 15) is 14.4 Å². The Hall–Kier alpha value is -1.59. The summed E-state index contributed by atoms with van der Waals surface area (Å²) >= 11 is 0. The summed E-state index contributed by atoms with van der Waals surface area (Å²) in [6.07, 6.45) is 1.59. The van der Waals surface area contributed by atoms with E-state index in [0.29, 0.717) is 39.1 Å². The van der Waals surface area contributed by atoms with E-state index in [0.717, 1.165) is 0 Å².